The van der Waals surface area contributed by atoms with Crippen molar-refractivity contribution in [2.75, 3.05) is 7.05 Å². The average molecular weight is 302 g/mol. The third-order valence-corrected chi connectivity index (χ3v) is 4.44. The standard InChI is InChI=1S/C16H25Cl2N/c1-4-6-7-12(5-2)16(19-3)11-13-10-14(17)8-9-15(13)18/h8-10,12,16,19H,4-7,11H2,1-3H3. The van der Waals surface area contributed by atoms with Crippen LogP contribution in [0, 0.1) is 5.92 Å². The van der Waals surface area contributed by atoms with E-state index in [-0.39, 0.29) is 0 Å². The summed E-state index contributed by atoms with van der Waals surface area (Å²) < 4.78 is 0. The van der Waals surface area contributed by atoms with Gasteiger partial charge in [-0.2, -0.15) is 0 Å². The van der Waals surface area contributed by atoms with Crippen LogP contribution in [0.1, 0.15) is 45.1 Å². The summed E-state index contributed by atoms with van der Waals surface area (Å²) in [5.41, 5.74) is 1.14. The van der Waals surface area contributed by atoms with Gasteiger partial charge in [0.25, 0.3) is 0 Å². The molecule has 1 nitrogen and oxygen atoms in total. The van der Waals surface area contributed by atoms with Crippen molar-refractivity contribution in [3.63, 3.8) is 0 Å². The summed E-state index contributed by atoms with van der Waals surface area (Å²) in [7, 11) is 2.04. The van der Waals surface area contributed by atoms with Crippen LogP contribution in [-0.2, 0) is 6.42 Å². The van der Waals surface area contributed by atoms with Crippen LogP contribution in [0.2, 0.25) is 10.0 Å². The summed E-state index contributed by atoms with van der Waals surface area (Å²) in [6.07, 6.45) is 5.96. The SMILES string of the molecule is CCCCC(CC)C(Cc1cc(Cl)ccc1Cl)NC. The number of halogens is 2. The molecule has 3 heteroatoms. The zero-order valence-electron chi connectivity index (χ0n) is 12.2. The van der Waals surface area contributed by atoms with Crippen molar-refractivity contribution in [3.8, 4) is 0 Å². The second-order valence-corrected chi connectivity index (χ2v) is 5.99. The Morgan fingerprint density at radius 1 is 1.21 bits per heavy atom. The van der Waals surface area contributed by atoms with Crippen molar-refractivity contribution >= 4 is 23.2 Å². The highest BCUT2D eigenvalue weighted by Gasteiger charge is 2.19. The minimum atomic E-state index is 0.465. The topological polar surface area (TPSA) is 12.0 Å². The zero-order valence-corrected chi connectivity index (χ0v) is 13.7. The molecule has 0 aliphatic heterocycles. The van der Waals surface area contributed by atoms with Gasteiger partial charge in [0, 0.05) is 16.1 Å². The van der Waals surface area contributed by atoms with E-state index in [1.807, 2.05) is 25.2 Å². The predicted molar refractivity (Wildman–Crippen MR) is 86.3 cm³/mol. The lowest BCUT2D eigenvalue weighted by molar-refractivity contribution is 0.330. The Kier molecular flexibility index (Phi) is 7.82. The molecule has 1 N–H and O–H groups in total. The Morgan fingerprint density at radius 3 is 2.53 bits per heavy atom. The second kappa shape index (κ2) is 8.84. The van der Waals surface area contributed by atoms with Gasteiger partial charge in [0.15, 0.2) is 0 Å². The fraction of sp³-hybridized carbons (Fsp3) is 0.625. The maximum atomic E-state index is 6.26. The summed E-state index contributed by atoms with van der Waals surface area (Å²) in [5.74, 6) is 0.694. The van der Waals surface area contributed by atoms with E-state index in [4.69, 9.17) is 23.2 Å². The molecule has 0 saturated carbocycles. The molecule has 0 bridgehead atoms. The molecule has 2 unspecified atom stereocenters. The highest BCUT2D eigenvalue weighted by molar-refractivity contribution is 6.33. The van der Waals surface area contributed by atoms with Gasteiger partial charge in [-0.25, -0.2) is 0 Å². The first-order chi connectivity index (χ1) is 9.12. The lowest BCUT2D eigenvalue weighted by Crippen LogP contribution is -2.35. The van der Waals surface area contributed by atoms with Crippen molar-refractivity contribution in [1.29, 1.82) is 0 Å². The first-order valence-corrected chi connectivity index (χ1v) is 7.99. The van der Waals surface area contributed by atoms with Crippen LogP contribution in [0.15, 0.2) is 18.2 Å². The number of hydrogen-bond acceptors (Lipinski definition) is 1. The smallest absolute Gasteiger partial charge is 0.0439 e. The van der Waals surface area contributed by atoms with E-state index in [9.17, 15) is 0 Å². The quantitative estimate of drug-likeness (QED) is 0.683. The number of rotatable bonds is 8. The Balaban J connectivity index is 2.76. The molecule has 0 spiro atoms. The molecule has 0 aromatic heterocycles. The molecule has 0 radical (unpaired) electrons. The molecule has 0 aliphatic rings. The minimum Gasteiger partial charge on any atom is -0.316 e. The van der Waals surface area contributed by atoms with E-state index in [1.54, 1.807) is 0 Å². The van der Waals surface area contributed by atoms with Crippen LogP contribution >= 0.6 is 23.2 Å². The molecule has 19 heavy (non-hydrogen) atoms. The molecule has 0 fully saturated rings. The minimum absolute atomic E-state index is 0.465. The molecule has 2 atom stereocenters. The van der Waals surface area contributed by atoms with Gasteiger partial charge < -0.3 is 5.32 Å². The van der Waals surface area contributed by atoms with Crippen LogP contribution in [0.4, 0.5) is 0 Å². The number of hydrogen-bond donors (Lipinski definition) is 1. The number of unbranched alkanes of at least 4 members (excludes halogenated alkanes) is 1. The first kappa shape index (κ1) is 16.8. The molecule has 0 aliphatic carbocycles. The van der Waals surface area contributed by atoms with E-state index < -0.39 is 0 Å². The molecule has 0 amide bonds. The molecular formula is C16H25Cl2N. The Bertz CT molecular complexity index is 379. The summed E-state index contributed by atoms with van der Waals surface area (Å²) >= 11 is 12.3. The largest absolute Gasteiger partial charge is 0.316 e. The summed E-state index contributed by atoms with van der Waals surface area (Å²) in [5, 5.41) is 5.03. The van der Waals surface area contributed by atoms with Gasteiger partial charge in [0.2, 0.25) is 0 Å². The van der Waals surface area contributed by atoms with Gasteiger partial charge in [-0.05, 0) is 49.6 Å². The first-order valence-electron chi connectivity index (χ1n) is 7.23. The van der Waals surface area contributed by atoms with Gasteiger partial charge in [0.1, 0.15) is 0 Å². The highest BCUT2D eigenvalue weighted by Crippen LogP contribution is 2.25. The molecular weight excluding hydrogens is 277 g/mol. The van der Waals surface area contributed by atoms with Crippen LogP contribution < -0.4 is 5.32 Å². The highest BCUT2D eigenvalue weighted by atomic mass is 35.5. The fourth-order valence-electron chi connectivity index (χ4n) is 2.60. The monoisotopic (exact) mass is 301 g/mol. The Morgan fingerprint density at radius 2 is 1.95 bits per heavy atom. The summed E-state index contributed by atoms with van der Waals surface area (Å²) in [6, 6.07) is 6.18. The van der Waals surface area contributed by atoms with Gasteiger partial charge in [-0.3, -0.25) is 0 Å². The van der Waals surface area contributed by atoms with Crippen molar-refractivity contribution in [3.05, 3.63) is 33.8 Å². The van der Waals surface area contributed by atoms with Gasteiger partial charge in [-0.1, -0.05) is 56.3 Å². The van der Waals surface area contributed by atoms with Crippen LogP contribution in [0.25, 0.3) is 0 Å². The van der Waals surface area contributed by atoms with Crippen LogP contribution in [0.3, 0.4) is 0 Å². The number of likely N-dealkylation sites (N-methyl/N-ethyl adjacent to an activating group) is 1. The zero-order chi connectivity index (χ0) is 14.3. The number of nitrogens with one attached hydrogen (secondary N) is 1. The van der Waals surface area contributed by atoms with Gasteiger partial charge in [0.05, 0.1) is 0 Å². The van der Waals surface area contributed by atoms with Crippen LogP contribution in [0.5, 0.6) is 0 Å². The average Bonchev–Trinajstić information content (AvgIpc) is 2.41. The fourth-order valence-corrected chi connectivity index (χ4v) is 2.99. The van der Waals surface area contributed by atoms with E-state index in [1.165, 1.54) is 25.7 Å². The molecule has 0 saturated heterocycles. The van der Waals surface area contributed by atoms with E-state index in [0.29, 0.717) is 12.0 Å². The second-order valence-electron chi connectivity index (χ2n) is 5.15. The molecule has 1 rings (SSSR count). The number of benzene rings is 1. The predicted octanol–water partition coefficient (Wildman–Crippen LogP) is 5.34. The normalized spacial score (nSPS) is 14.4. The van der Waals surface area contributed by atoms with Crippen molar-refractivity contribution in [1.82, 2.24) is 5.32 Å². The molecule has 108 valence electrons. The Labute approximate surface area is 127 Å². The van der Waals surface area contributed by atoms with Gasteiger partial charge in [-0.15, -0.1) is 0 Å². The summed E-state index contributed by atoms with van der Waals surface area (Å²) in [4.78, 5) is 0. The molecule has 1 aromatic rings. The molecule has 0 heterocycles. The maximum absolute atomic E-state index is 6.26. The third kappa shape index (κ3) is 5.33. The lowest BCUT2D eigenvalue weighted by atomic mass is 9.87. The summed E-state index contributed by atoms with van der Waals surface area (Å²) in [6.45, 7) is 4.51. The van der Waals surface area contributed by atoms with E-state index >= 15 is 0 Å². The van der Waals surface area contributed by atoms with Crippen molar-refractivity contribution in [2.24, 2.45) is 5.92 Å². The molecule has 1 aromatic carbocycles. The van der Waals surface area contributed by atoms with Gasteiger partial charge >= 0.3 is 0 Å². The maximum Gasteiger partial charge on any atom is 0.0439 e. The van der Waals surface area contributed by atoms with Crippen molar-refractivity contribution < 1.29 is 0 Å². The van der Waals surface area contributed by atoms with E-state index in [0.717, 1.165) is 22.0 Å². The van der Waals surface area contributed by atoms with Crippen molar-refractivity contribution in [2.45, 2.75) is 52.0 Å². The Hall–Kier alpha value is -0.240. The third-order valence-electron chi connectivity index (χ3n) is 3.84. The van der Waals surface area contributed by atoms with E-state index in [2.05, 4.69) is 19.2 Å². The van der Waals surface area contributed by atoms with Crippen LogP contribution in [-0.4, -0.2) is 13.1 Å². The lowest BCUT2D eigenvalue weighted by Gasteiger charge is -2.26.